The molecular formula is C11H20BrF3N2. The summed E-state index contributed by atoms with van der Waals surface area (Å²) in [6.45, 7) is 4.88. The van der Waals surface area contributed by atoms with Gasteiger partial charge in [0.1, 0.15) is 4.83 Å². The van der Waals surface area contributed by atoms with E-state index in [1.165, 1.54) is 0 Å². The molecule has 0 bridgehead atoms. The second-order valence-corrected chi connectivity index (χ2v) is 5.76. The fraction of sp³-hybridized carbons (Fsp3) is 1.00. The van der Waals surface area contributed by atoms with Crippen molar-refractivity contribution in [3.63, 3.8) is 0 Å². The number of likely N-dealkylation sites (N-methyl/N-ethyl adjacent to an activating group) is 2. The van der Waals surface area contributed by atoms with Gasteiger partial charge in [-0.3, -0.25) is 4.90 Å². The largest absolute Gasteiger partial charge is 0.402 e. The Morgan fingerprint density at radius 2 is 2.12 bits per heavy atom. The molecule has 0 aromatic heterocycles. The summed E-state index contributed by atoms with van der Waals surface area (Å²) in [6, 6.07) is 0.415. The molecule has 0 aromatic carbocycles. The third-order valence-corrected chi connectivity index (χ3v) is 4.06. The first-order valence-electron chi connectivity index (χ1n) is 5.98. The highest BCUT2D eigenvalue weighted by atomic mass is 79.9. The van der Waals surface area contributed by atoms with Crippen LogP contribution >= 0.6 is 15.9 Å². The van der Waals surface area contributed by atoms with E-state index in [0.29, 0.717) is 12.6 Å². The Kier molecular flexibility index (Phi) is 5.73. The van der Waals surface area contributed by atoms with Crippen molar-refractivity contribution >= 4 is 15.9 Å². The lowest BCUT2D eigenvalue weighted by atomic mass is 10.2. The van der Waals surface area contributed by atoms with Gasteiger partial charge in [0.05, 0.1) is 0 Å². The highest BCUT2D eigenvalue weighted by Crippen LogP contribution is 2.27. The van der Waals surface area contributed by atoms with Crippen molar-refractivity contribution in [2.75, 3.05) is 33.2 Å². The first kappa shape index (κ1) is 15.2. The molecule has 0 amide bonds. The third kappa shape index (κ3) is 4.75. The molecule has 0 radical (unpaired) electrons. The number of halogens is 4. The van der Waals surface area contributed by atoms with Crippen molar-refractivity contribution in [1.82, 2.24) is 9.80 Å². The minimum absolute atomic E-state index is 0.0115. The number of hydrogen-bond acceptors (Lipinski definition) is 2. The van der Waals surface area contributed by atoms with Gasteiger partial charge in [0.15, 0.2) is 0 Å². The molecule has 0 saturated carbocycles. The quantitative estimate of drug-likeness (QED) is 0.720. The summed E-state index contributed by atoms with van der Waals surface area (Å²) in [5, 5.41) is 0. The van der Waals surface area contributed by atoms with Crippen LogP contribution in [0.15, 0.2) is 0 Å². The number of likely N-dealkylation sites (tertiary alicyclic amines) is 1. The Balaban J connectivity index is 2.36. The lowest BCUT2D eigenvalue weighted by molar-refractivity contribution is -0.130. The van der Waals surface area contributed by atoms with Crippen LogP contribution in [0.3, 0.4) is 0 Å². The second-order valence-electron chi connectivity index (χ2n) is 4.66. The molecule has 1 heterocycles. The zero-order valence-corrected chi connectivity index (χ0v) is 11.9. The molecular weight excluding hydrogens is 297 g/mol. The lowest BCUT2D eigenvalue weighted by Gasteiger charge is -2.29. The van der Waals surface area contributed by atoms with Gasteiger partial charge in [-0.05, 0) is 33.0 Å². The SMILES string of the molecule is CCN1CCCC1CN(C)CC(Br)C(F)(F)F. The Labute approximate surface area is 109 Å². The van der Waals surface area contributed by atoms with Gasteiger partial charge in [0.25, 0.3) is 0 Å². The van der Waals surface area contributed by atoms with Crippen LogP contribution in [0.2, 0.25) is 0 Å². The summed E-state index contributed by atoms with van der Waals surface area (Å²) >= 11 is 2.70. The predicted octanol–water partition coefficient (Wildman–Crippen LogP) is 2.73. The fourth-order valence-corrected chi connectivity index (χ4v) is 2.82. The van der Waals surface area contributed by atoms with Gasteiger partial charge >= 0.3 is 6.18 Å². The number of nitrogens with zero attached hydrogens (tertiary/aromatic N) is 2. The van der Waals surface area contributed by atoms with Gasteiger partial charge in [0.2, 0.25) is 0 Å². The van der Waals surface area contributed by atoms with Crippen molar-refractivity contribution < 1.29 is 13.2 Å². The molecule has 0 aromatic rings. The van der Waals surface area contributed by atoms with Crippen LogP contribution < -0.4 is 0 Å². The third-order valence-electron chi connectivity index (χ3n) is 3.25. The van der Waals surface area contributed by atoms with Crippen molar-refractivity contribution in [1.29, 1.82) is 0 Å². The molecule has 1 rings (SSSR count). The van der Waals surface area contributed by atoms with Crippen LogP contribution in [0.5, 0.6) is 0 Å². The topological polar surface area (TPSA) is 6.48 Å². The van der Waals surface area contributed by atoms with Crippen LogP contribution in [-0.2, 0) is 0 Å². The summed E-state index contributed by atoms with van der Waals surface area (Å²) in [4.78, 5) is 2.68. The zero-order chi connectivity index (χ0) is 13.1. The van der Waals surface area contributed by atoms with Gasteiger partial charge in [-0.15, -0.1) is 0 Å². The van der Waals surface area contributed by atoms with Crippen LogP contribution in [-0.4, -0.2) is 60.1 Å². The van der Waals surface area contributed by atoms with Crippen LogP contribution in [0.4, 0.5) is 13.2 Å². The molecule has 1 aliphatic heterocycles. The maximum Gasteiger partial charge on any atom is 0.402 e. The second kappa shape index (κ2) is 6.38. The molecule has 102 valence electrons. The van der Waals surface area contributed by atoms with Gasteiger partial charge in [-0.1, -0.05) is 22.9 Å². The van der Waals surface area contributed by atoms with Crippen molar-refractivity contribution in [2.45, 2.75) is 36.8 Å². The summed E-state index contributed by atoms with van der Waals surface area (Å²) < 4.78 is 37.1. The smallest absolute Gasteiger partial charge is 0.303 e. The van der Waals surface area contributed by atoms with E-state index < -0.39 is 11.0 Å². The summed E-state index contributed by atoms with van der Waals surface area (Å²) in [5.41, 5.74) is 0. The molecule has 0 N–H and O–H groups in total. The Hall–Kier alpha value is 0.190. The Morgan fingerprint density at radius 1 is 1.47 bits per heavy atom. The van der Waals surface area contributed by atoms with Crippen LogP contribution in [0.1, 0.15) is 19.8 Å². The number of rotatable bonds is 5. The van der Waals surface area contributed by atoms with E-state index in [1.54, 1.807) is 11.9 Å². The summed E-state index contributed by atoms with van der Waals surface area (Å²) in [5.74, 6) is 0. The molecule has 2 nitrogen and oxygen atoms in total. The minimum atomic E-state index is -4.16. The van der Waals surface area contributed by atoms with E-state index >= 15 is 0 Å². The molecule has 17 heavy (non-hydrogen) atoms. The van der Waals surface area contributed by atoms with E-state index in [4.69, 9.17) is 0 Å². The molecule has 2 unspecified atom stereocenters. The van der Waals surface area contributed by atoms with E-state index in [-0.39, 0.29) is 6.54 Å². The minimum Gasteiger partial charge on any atom is -0.303 e. The van der Waals surface area contributed by atoms with Gasteiger partial charge in [-0.2, -0.15) is 13.2 Å². The van der Waals surface area contributed by atoms with E-state index in [0.717, 1.165) is 25.9 Å². The average Bonchev–Trinajstić information content (AvgIpc) is 2.63. The van der Waals surface area contributed by atoms with Crippen LogP contribution in [0, 0.1) is 0 Å². The Morgan fingerprint density at radius 3 is 2.65 bits per heavy atom. The van der Waals surface area contributed by atoms with E-state index in [2.05, 4.69) is 27.8 Å². The maximum absolute atomic E-state index is 12.4. The number of alkyl halides is 4. The fourth-order valence-electron chi connectivity index (χ4n) is 2.33. The molecule has 0 aliphatic carbocycles. The molecule has 2 atom stereocenters. The maximum atomic E-state index is 12.4. The number of hydrogen-bond donors (Lipinski definition) is 0. The summed E-state index contributed by atoms with van der Waals surface area (Å²) in [7, 11) is 1.76. The van der Waals surface area contributed by atoms with Crippen molar-refractivity contribution in [2.24, 2.45) is 0 Å². The monoisotopic (exact) mass is 316 g/mol. The van der Waals surface area contributed by atoms with Gasteiger partial charge in [-0.25, -0.2) is 0 Å². The first-order chi connectivity index (χ1) is 7.84. The van der Waals surface area contributed by atoms with Crippen molar-refractivity contribution in [3.8, 4) is 0 Å². The average molecular weight is 317 g/mol. The van der Waals surface area contributed by atoms with Gasteiger partial charge in [0, 0.05) is 19.1 Å². The molecule has 1 saturated heterocycles. The Bertz CT molecular complexity index is 235. The van der Waals surface area contributed by atoms with Crippen LogP contribution in [0.25, 0.3) is 0 Å². The molecule has 0 spiro atoms. The molecule has 1 aliphatic rings. The highest BCUT2D eigenvalue weighted by Gasteiger charge is 2.38. The molecule has 1 fully saturated rings. The zero-order valence-electron chi connectivity index (χ0n) is 10.3. The first-order valence-corrected chi connectivity index (χ1v) is 6.89. The van der Waals surface area contributed by atoms with Crippen molar-refractivity contribution in [3.05, 3.63) is 0 Å². The standard InChI is InChI=1S/C11H20BrF3N2/c1-3-17-6-4-5-9(17)7-16(2)8-10(12)11(13,14)15/h9-10H,3-8H2,1-2H3. The van der Waals surface area contributed by atoms with E-state index in [1.807, 2.05) is 0 Å². The molecule has 6 heteroatoms. The van der Waals surface area contributed by atoms with Gasteiger partial charge < -0.3 is 4.90 Å². The lowest BCUT2D eigenvalue weighted by Crippen LogP contribution is -2.42. The normalized spacial score (nSPS) is 24.5. The van der Waals surface area contributed by atoms with E-state index in [9.17, 15) is 13.2 Å². The predicted molar refractivity (Wildman–Crippen MR) is 66.5 cm³/mol. The summed E-state index contributed by atoms with van der Waals surface area (Å²) in [6.07, 6.45) is -1.91. The highest BCUT2D eigenvalue weighted by molar-refractivity contribution is 9.09.